The van der Waals surface area contributed by atoms with Crippen molar-refractivity contribution in [2.24, 2.45) is 0 Å². The summed E-state index contributed by atoms with van der Waals surface area (Å²) in [7, 11) is -4.02. The van der Waals surface area contributed by atoms with Gasteiger partial charge in [-0.3, -0.25) is 0 Å². The van der Waals surface area contributed by atoms with Gasteiger partial charge in [0.2, 0.25) is 0 Å². The van der Waals surface area contributed by atoms with E-state index in [9.17, 15) is 13.0 Å². The summed E-state index contributed by atoms with van der Waals surface area (Å²) < 4.78 is 31.8. The van der Waals surface area contributed by atoms with E-state index in [0.29, 0.717) is 9.51 Å². The van der Waals surface area contributed by atoms with Crippen molar-refractivity contribution in [2.75, 3.05) is 0 Å². The monoisotopic (exact) mass is 348 g/mol. The van der Waals surface area contributed by atoms with Crippen LogP contribution < -0.4 is 29.6 Å². The average Bonchev–Trinajstić information content (AvgIpc) is 1.30. The Bertz CT molecular complexity index is 127. The fourth-order valence-electron chi connectivity index (χ4n) is 0.0251. The Kier molecular flexibility index (Phi) is 9.03. The first kappa shape index (κ1) is 12.6. The summed E-state index contributed by atoms with van der Waals surface area (Å²) >= 11 is 1.69. The molecule has 0 atom stereocenters. The molecule has 0 aliphatic carbocycles. The van der Waals surface area contributed by atoms with E-state index >= 15 is 0 Å². The molecular formula is AuNaO4S2. The Morgan fingerprint density at radius 1 is 1.62 bits per heavy atom. The summed E-state index contributed by atoms with van der Waals surface area (Å²) in [6, 6.07) is 0. The van der Waals surface area contributed by atoms with E-state index in [1.165, 1.54) is 0 Å². The first-order valence-electron chi connectivity index (χ1n) is 0.956. The molecule has 0 rings (SSSR count). The molecule has 0 aromatic heterocycles. The van der Waals surface area contributed by atoms with Crippen molar-refractivity contribution in [1.82, 2.24) is 0 Å². The van der Waals surface area contributed by atoms with Crippen molar-refractivity contribution in [3.8, 4) is 0 Å². The molecule has 0 fully saturated rings. The molecule has 0 aromatic rings. The Morgan fingerprint density at radius 3 is 2.00 bits per heavy atom. The molecule has 0 amide bonds. The zero-order chi connectivity index (χ0) is 5.91. The van der Waals surface area contributed by atoms with Gasteiger partial charge in [-0.15, -0.1) is 0 Å². The van der Waals surface area contributed by atoms with Crippen molar-refractivity contribution in [3.05, 3.63) is 0 Å². The Hall–Kier alpha value is 1.96. The Labute approximate surface area is 84.7 Å². The van der Waals surface area contributed by atoms with Gasteiger partial charge in [-0.05, 0) is 0 Å². The van der Waals surface area contributed by atoms with Crippen molar-refractivity contribution < 1.29 is 65.9 Å². The second-order valence-electron chi connectivity index (χ2n) is 0.527. The molecule has 0 unspecified atom stereocenters. The van der Waals surface area contributed by atoms with Gasteiger partial charge in [-0.1, -0.05) is 0 Å². The number of rotatable bonds is 2. The van der Waals surface area contributed by atoms with Gasteiger partial charge in [0, 0.05) is 0 Å². The van der Waals surface area contributed by atoms with Crippen molar-refractivity contribution >= 4 is 19.9 Å². The molecule has 0 radical (unpaired) electrons. The van der Waals surface area contributed by atoms with E-state index in [-0.39, 0.29) is 29.6 Å². The topological polar surface area (TPSA) is 66.4 Å². The van der Waals surface area contributed by atoms with Crippen LogP contribution in [0.4, 0.5) is 0 Å². The Balaban J connectivity index is 0. The molecule has 8 heavy (non-hydrogen) atoms. The molecule has 0 saturated carbocycles. The van der Waals surface area contributed by atoms with Crippen LogP contribution in [0.25, 0.3) is 0 Å². The maximum atomic E-state index is 9.42. The van der Waals surface area contributed by atoms with Crippen LogP contribution >= 0.6 is 9.51 Å². The number of hydrogen-bond donors (Lipinski definition) is 0. The molecular weight excluding hydrogens is 348 g/mol. The molecule has 0 heterocycles. The summed E-state index contributed by atoms with van der Waals surface area (Å²) in [5.41, 5.74) is 0. The molecule has 48 valence electrons. The van der Waals surface area contributed by atoms with E-state index in [1.54, 1.807) is 19.7 Å². The Morgan fingerprint density at radius 2 is 2.00 bits per heavy atom. The minimum atomic E-state index is -4.48. The summed E-state index contributed by atoms with van der Waals surface area (Å²) in [5, 5.41) is 0. The van der Waals surface area contributed by atoms with Gasteiger partial charge in [-0.2, -0.15) is 0 Å². The van der Waals surface area contributed by atoms with Gasteiger partial charge in [0.25, 0.3) is 0 Å². The molecule has 8 heteroatoms. The van der Waals surface area contributed by atoms with Gasteiger partial charge in [0.15, 0.2) is 0 Å². The maximum Gasteiger partial charge on any atom is 1.00 e. The maximum absolute atomic E-state index is 9.42. The van der Waals surface area contributed by atoms with E-state index in [4.69, 9.17) is 0 Å². The number of hydrogen-bond acceptors (Lipinski definition) is 5. The first-order valence-corrected chi connectivity index (χ1v) is 5.52. The van der Waals surface area contributed by atoms with Crippen LogP contribution in [0, 0.1) is 0 Å². The van der Waals surface area contributed by atoms with Crippen molar-refractivity contribution in [1.29, 1.82) is 0 Å². The fraction of sp³-hybridized carbons (Fsp3) is 0. The third-order valence-electron chi connectivity index (χ3n) is 0.104. The van der Waals surface area contributed by atoms with E-state index in [2.05, 4.69) is 3.63 Å². The third kappa shape index (κ3) is 10.9. The molecule has 0 aliphatic rings. The van der Waals surface area contributed by atoms with Crippen LogP contribution in [-0.4, -0.2) is 13.0 Å². The van der Waals surface area contributed by atoms with Crippen LogP contribution in [0.3, 0.4) is 0 Å². The van der Waals surface area contributed by atoms with Gasteiger partial charge >= 0.3 is 85.8 Å². The fourth-order valence-corrected chi connectivity index (χ4v) is 1.85. The van der Waals surface area contributed by atoms with Gasteiger partial charge in [0.1, 0.15) is 0 Å². The summed E-state index contributed by atoms with van der Waals surface area (Å²) in [4.78, 5) is 0. The molecule has 0 bridgehead atoms. The SMILES string of the molecule is O=S(=O)([O-])O[S][Au].[Na+]. The molecule has 0 aliphatic heterocycles. The predicted octanol–water partition coefficient (Wildman–Crippen LogP) is -3.42. The average molecular weight is 348 g/mol. The molecule has 0 N–H and O–H groups in total. The minimum absolute atomic E-state index is 0. The van der Waals surface area contributed by atoms with Gasteiger partial charge < -0.3 is 0 Å². The third-order valence-corrected chi connectivity index (χ3v) is 2.26. The second kappa shape index (κ2) is 5.72. The minimum Gasteiger partial charge on any atom is 1.00 e. The molecule has 0 aromatic carbocycles. The van der Waals surface area contributed by atoms with E-state index < -0.39 is 10.4 Å². The van der Waals surface area contributed by atoms with Gasteiger partial charge in [-0.25, -0.2) is 0 Å². The zero-order valence-electron chi connectivity index (χ0n) is 3.75. The summed E-state index contributed by atoms with van der Waals surface area (Å²) in [6.45, 7) is 0. The van der Waals surface area contributed by atoms with Crippen molar-refractivity contribution in [2.45, 2.75) is 0 Å². The summed E-state index contributed by atoms with van der Waals surface area (Å²) in [5.74, 6) is 0. The quantitative estimate of drug-likeness (QED) is 0.225. The molecule has 4 nitrogen and oxygen atoms in total. The van der Waals surface area contributed by atoms with E-state index in [0.717, 1.165) is 0 Å². The van der Waals surface area contributed by atoms with Crippen LogP contribution in [0.2, 0.25) is 0 Å². The van der Waals surface area contributed by atoms with Crippen LogP contribution in [0.15, 0.2) is 0 Å². The van der Waals surface area contributed by atoms with Crippen molar-refractivity contribution in [3.63, 3.8) is 0 Å². The molecule has 0 spiro atoms. The van der Waals surface area contributed by atoms with Crippen LogP contribution in [0.5, 0.6) is 0 Å². The first-order chi connectivity index (χ1) is 3.06. The van der Waals surface area contributed by atoms with Gasteiger partial charge in [0.05, 0.1) is 0 Å². The van der Waals surface area contributed by atoms with Crippen LogP contribution in [-0.2, 0) is 33.8 Å². The summed E-state index contributed by atoms with van der Waals surface area (Å²) in [6.07, 6.45) is 0. The van der Waals surface area contributed by atoms with E-state index in [1.807, 2.05) is 0 Å². The normalized spacial score (nSPS) is 10.4. The smallest absolute Gasteiger partial charge is 1.00 e. The zero-order valence-corrected chi connectivity index (χ0v) is 9.55. The standard InChI is InChI=1S/Au.Na.H2O4S2/c;;1-6(2,3)4-5/h;;5H,(H,1,2,3)/q2*+1;/p-2. The predicted molar refractivity (Wildman–Crippen MR) is 18.4 cm³/mol. The largest absolute Gasteiger partial charge is 1.00 e. The molecule has 0 saturated heterocycles. The van der Waals surface area contributed by atoms with Crippen LogP contribution in [0.1, 0.15) is 0 Å². The second-order valence-corrected chi connectivity index (χ2v) is 3.07.